The Morgan fingerprint density at radius 1 is 1.56 bits per heavy atom. The number of aliphatic carboxylic acids is 1. The molecule has 7 nitrogen and oxygen atoms in total. The summed E-state index contributed by atoms with van der Waals surface area (Å²) in [6.45, 7) is 0.273. The molecular formula is C11H13N5O2. The highest BCUT2D eigenvalue weighted by atomic mass is 16.4. The minimum absolute atomic E-state index is 0.273. The van der Waals surface area contributed by atoms with Crippen LogP contribution in [0.5, 0.6) is 0 Å². The number of hydrogen-bond acceptors (Lipinski definition) is 5. The number of hydrazine groups is 1. The van der Waals surface area contributed by atoms with Crippen molar-refractivity contribution in [2.75, 3.05) is 0 Å². The summed E-state index contributed by atoms with van der Waals surface area (Å²) in [5.74, 6) is 4.42. The van der Waals surface area contributed by atoms with E-state index in [1.54, 1.807) is 0 Å². The van der Waals surface area contributed by atoms with Crippen LogP contribution in [0.4, 0.5) is 0 Å². The zero-order valence-corrected chi connectivity index (χ0v) is 9.52. The maximum absolute atomic E-state index is 10.5. The van der Waals surface area contributed by atoms with Gasteiger partial charge >= 0.3 is 5.97 Å². The van der Waals surface area contributed by atoms with Crippen LogP contribution in [0.2, 0.25) is 0 Å². The van der Waals surface area contributed by atoms with E-state index in [0.29, 0.717) is 0 Å². The van der Waals surface area contributed by atoms with Crippen LogP contribution in [0.3, 0.4) is 0 Å². The van der Waals surface area contributed by atoms with Crippen molar-refractivity contribution >= 4 is 11.6 Å². The van der Waals surface area contributed by atoms with E-state index in [0.717, 1.165) is 17.5 Å². The number of hydrogen-bond donors (Lipinski definition) is 3. The first-order chi connectivity index (χ1) is 8.56. The molecular weight excluding hydrogens is 234 g/mol. The molecule has 0 unspecified atom stereocenters. The largest absolute Gasteiger partial charge is 0.477 e. The third kappa shape index (κ3) is 2.58. The number of carbonyl (C=O) groups is 1. The van der Waals surface area contributed by atoms with Gasteiger partial charge in [-0.3, -0.25) is 0 Å². The van der Waals surface area contributed by atoms with Gasteiger partial charge < -0.3 is 20.2 Å². The topological polar surface area (TPSA) is 110 Å². The molecule has 0 atom stereocenters. The Balaban J connectivity index is 2.14. The van der Waals surface area contributed by atoms with Gasteiger partial charge in [0.05, 0.1) is 12.2 Å². The minimum atomic E-state index is -1.21. The Hall–Kier alpha value is -2.54. The van der Waals surface area contributed by atoms with Crippen molar-refractivity contribution in [2.24, 2.45) is 11.6 Å². The van der Waals surface area contributed by atoms with Crippen molar-refractivity contribution in [2.45, 2.75) is 6.54 Å². The Morgan fingerprint density at radius 3 is 3.00 bits per heavy atom. The Kier molecular flexibility index (Phi) is 3.16. The molecule has 2 aromatic heterocycles. The molecule has 0 saturated carbocycles. The van der Waals surface area contributed by atoms with Gasteiger partial charge in [-0.2, -0.15) is 0 Å². The lowest BCUT2D eigenvalue weighted by Gasteiger charge is -2.11. The highest BCUT2D eigenvalue weighted by Gasteiger charge is 2.06. The molecule has 7 heteroatoms. The van der Waals surface area contributed by atoms with Crippen molar-refractivity contribution in [3.8, 4) is 0 Å². The number of aromatic nitrogens is 2. The number of carboxylic acid groups (broad SMARTS) is 1. The highest BCUT2D eigenvalue weighted by molar-refractivity contribution is 5.85. The predicted molar refractivity (Wildman–Crippen MR) is 64.8 cm³/mol. The average molecular weight is 247 g/mol. The van der Waals surface area contributed by atoms with Crippen LogP contribution in [0.25, 0.3) is 5.65 Å². The fourth-order valence-corrected chi connectivity index (χ4v) is 1.53. The second kappa shape index (κ2) is 4.76. The molecule has 0 fully saturated rings. The number of imidazole rings is 1. The molecule has 0 amide bonds. The van der Waals surface area contributed by atoms with Crippen LogP contribution in [-0.2, 0) is 11.3 Å². The quantitative estimate of drug-likeness (QED) is 0.395. The second-order valence-corrected chi connectivity index (χ2v) is 3.76. The fourth-order valence-electron chi connectivity index (χ4n) is 1.53. The molecule has 5 N–H and O–H groups in total. The van der Waals surface area contributed by atoms with Gasteiger partial charge in [0.15, 0.2) is 0 Å². The average Bonchev–Trinajstić information content (AvgIpc) is 2.70. The molecule has 0 radical (unpaired) electrons. The number of carboxylic acids is 1. The molecule has 18 heavy (non-hydrogen) atoms. The Labute approximate surface area is 103 Å². The van der Waals surface area contributed by atoms with E-state index < -0.39 is 5.97 Å². The van der Waals surface area contributed by atoms with Gasteiger partial charge in [0.25, 0.3) is 0 Å². The predicted octanol–water partition coefficient (Wildman–Crippen LogP) is -0.105. The third-order valence-corrected chi connectivity index (χ3v) is 2.31. The van der Waals surface area contributed by atoms with Gasteiger partial charge in [0.1, 0.15) is 11.3 Å². The lowest BCUT2D eigenvalue weighted by molar-refractivity contribution is -0.132. The first kappa shape index (κ1) is 11.9. The molecule has 0 saturated heterocycles. The first-order valence-corrected chi connectivity index (χ1v) is 5.21. The molecule has 0 aliphatic carbocycles. The van der Waals surface area contributed by atoms with E-state index in [9.17, 15) is 4.79 Å². The molecule has 0 bridgehead atoms. The summed E-state index contributed by atoms with van der Waals surface area (Å²) in [4.78, 5) is 14.9. The van der Waals surface area contributed by atoms with E-state index >= 15 is 0 Å². The summed E-state index contributed by atoms with van der Waals surface area (Å²) in [5.41, 5.74) is 6.46. The normalized spacial score (nSPS) is 11.7. The zero-order chi connectivity index (χ0) is 13.1. The number of pyridine rings is 1. The van der Waals surface area contributed by atoms with Crippen molar-refractivity contribution < 1.29 is 9.90 Å². The van der Waals surface area contributed by atoms with Crippen molar-refractivity contribution in [1.29, 1.82) is 0 Å². The zero-order valence-electron chi connectivity index (χ0n) is 9.52. The van der Waals surface area contributed by atoms with Crippen molar-refractivity contribution in [3.05, 3.63) is 48.2 Å². The maximum atomic E-state index is 10.5. The molecule has 0 aliphatic rings. The summed E-state index contributed by atoms with van der Waals surface area (Å²) in [6, 6.07) is 5.64. The summed E-state index contributed by atoms with van der Waals surface area (Å²) >= 11 is 0. The van der Waals surface area contributed by atoms with Crippen LogP contribution in [0, 0.1) is 0 Å². The lowest BCUT2D eigenvalue weighted by Crippen LogP contribution is -2.27. The molecule has 94 valence electrons. The molecule has 2 aromatic rings. The smallest absolute Gasteiger partial charge is 0.353 e. The molecule has 0 aliphatic heterocycles. The monoisotopic (exact) mass is 247 g/mol. The number of fused-ring (bicyclic) bond motifs is 1. The van der Waals surface area contributed by atoms with Crippen LogP contribution < -0.4 is 11.6 Å². The minimum Gasteiger partial charge on any atom is -0.477 e. The van der Waals surface area contributed by atoms with E-state index in [4.69, 9.17) is 16.7 Å². The third-order valence-electron chi connectivity index (χ3n) is 2.31. The molecule has 2 heterocycles. The van der Waals surface area contributed by atoms with Gasteiger partial charge in [-0.1, -0.05) is 6.07 Å². The number of rotatable bonds is 4. The van der Waals surface area contributed by atoms with Crippen LogP contribution >= 0.6 is 0 Å². The van der Waals surface area contributed by atoms with Gasteiger partial charge in [0, 0.05) is 18.6 Å². The lowest BCUT2D eigenvalue weighted by atomic mass is 10.4. The standard InChI is InChI=1S/C11H13N5O2/c12-9(11(17)18)7-16(13)6-8-5-15-4-2-1-3-10(15)14-8/h1-5,7H,6,12-13H2,(H,17,18)/b9-7-. The fraction of sp³-hybridized carbons (Fsp3) is 0.0909. The molecule has 0 spiro atoms. The second-order valence-electron chi connectivity index (χ2n) is 3.76. The van der Waals surface area contributed by atoms with E-state index in [1.807, 2.05) is 35.0 Å². The molecule has 2 rings (SSSR count). The summed E-state index contributed by atoms with van der Waals surface area (Å²) in [7, 11) is 0. The maximum Gasteiger partial charge on any atom is 0.353 e. The van der Waals surface area contributed by atoms with Crippen LogP contribution in [0.1, 0.15) is 5.69 Å². The van der Waals surface area contributed by atoms with Gasteiger partial charge in [-0.05, 0) is 12.1 Å². The SMILES string of the molecule is N/C(=C\N(N)Cc1cn2ccccc2n1)C(=O)O. The Morgan fingerprint density at radius 2 is 2.33 bits per heavy atom. The summed E-state index contributed by atoms with van der Waals surface area (Å²) in [6.07, 6.45) is 4.85. The van der Waals surface area contributed by atoms with Crippen LogP contribution in [0.15, 0.2) is 42.5 Å². The van der Waals surface area contributed by atoms with Crippen molar-refractivity contribution in [3.63, 3.8) is 0 Å². The summed E-state index contributed by atoms with van der Waals surface area (Å²) < 4.78 is 1.85. The highest BCUT2D eigenvalue weighted by Crippen LogP contribution is 2.06. The van der Waals surface area contributed by atoms with Crippen LogP contribution in [-0.4, -0.2) is 25.5 Å². The van der Waals surface area contributed by atoms with Gasteiger partial charge in [0.2, 0.25) is 0 Å². The van der Waals surface area contributed by atoms with E-state index in [1.165, 1.54) is 5.01 Å². The Bertz CT molecular complexity index is 571. The number of nitrogens with zero attached hydrogens (tertiary/aromatic N) is 3. The van der Waals surface area contributed by atoms with Crippen molar-refractivity contribution in [1.82, 2.24) is 14.4 Å². The van der Waals surface area contributed by atoms with Gasteiger partial charge in [-0.15, -0.1) is 0 Å². The molecule has 0 aromatic carbocycles. The first-order valence-electron chi connectivity index (χ1n) is 5.21. The number of nitrogens with two attached hydrogens (primary N) is 2. The van der Waals surface area contributed by atoms with E-state index in [2.05, 4.69) is 4.98 Å². The van der Waals surface area contributed by atoms with E-state index in [-0.39, 0.29) is 12.2 Å². The summed E-state index contributed by atoms with van der Waals surface area (Å²) in [5, 5.41) is 9.80. The van der Waals surface area contributed by atoms with Gasteiger partial charge in [-0.25, -0.2) is 15.6 Å².